The van der Waals surface area contributed by atoms with Gasteiger partial charge in [0.2, 0.25) is 5.91 Å². The third-order valence-electron chi connectivity index (χ3n) is 4.61. The van der Waals surface area contributed by atoms with Crippen molar-refractivity contribution in [2.45, 2.75) is 24.9 Å². The van der Waals surface area contributed by atoms with Gasteiger partial charge in [0.25, 0.3) is 5.91 Å². The van der Waals surface area contributed by atoms with Crippen LogP contribution >= 0.6 is 11.6 Å². The average Bonchev–Trinajstić information content (AvgIpc) is 3.00. The lowest BCUT2D eigenvalue weighted by Gasteiger charge is -2.20. The minimum absolute atomic E-state index is 0.00322. The van der Waals surface area contributed by atoms with Crippen molar-refractivity contribution in [1.82, 2.24) is 10.6 Å². The highest BCUT2D eigenvalue weighted by Gasteiger charge is 2.30. The van der Waals surface area contributed by atoms with Crippen LogP contribution in [0.15, 0.2) is 54.6 Å². The van der Waals surface area contributed by atoms with Crippen LogP contribution in [0, 0.1) is 0 Å². The molecule has 2 amide bonds. The van der Waals surface area contributed by atoms with E-state index in [0.29, 0.717) is 17.0 Å². The number of amides is 2. The molecule has 148 valence electrons. The number of hydrogen-bond acceptors (Lipinski definition) is 4. The quantitative estimate of drug-likeness (QED) is 0.751. The van der Waals surface area contributed by atoms with Crippen LogP contribution in [0.3, 0.4) is 0 Å². The van der Waals surface area contributed by atoms with E-state index in [2.05, 4.69) is 10.6 Å². The Labute approximate surface area is 169 Å². The molecule has 0 unspecified atom stereocenters. The van der Waals surface area contributed by atoms with Gasteiger partial charge in [0.05, 0.1) is 34.6 Å². The van der Waals surface area contributed by atoms with Gasteiger partial charge < -0.3 is 10.6 Å². The number of benzene rings is 2. The first kappa shape index (κ1) is 20.4. The first-order valence-corrected chi connectivity index (χ1v) is 11.1. The fourth-order valence-electron chi connectivity index (χ4n) is 3.20. The summed E-state index contributed by atoms with van der Waals surface area (Å²) in [6.07, 6.45) is 0.410. The Hall–Kier alpha value is -2.38. The van der Waals surface area contributed by atoms with Crippen LogP contribution in [0.1, 0.15) is 34.8 Å². The maximum atomic E-state index is 12.7. The number of rotatable bonds is 6. The molecule has 6 nitrogen and oxygen atoms in total. The van der Waals surface area contributed by atoms with Crippen LogP contribution in [-0.4, -0.2) is 37.8 Å². The van der Waals surface area contributed by atoms with Crippen molar-refractivity contribution in [1.29, 1.82) is 0 Å². The summed E-state index contributed by atoms with van der Waals surface area (Å²) in [6, 6.07) is 14.9. The zero-order valence-corrected chi connectivity index (χ0v) is 16.7. The van der Waals surface area contributed by atoms with Gasteiger partial charge in [-0.1, -0.05) is 54.1 Å². The molecule has 2 aromatic rings. The highest BCUT2D eigenvalue weighted by atomic mass is 35.5. The second-order valence-electron chi connectivity index (χ2n) is 6.79. The summed E-state index contributed by atoms with van der Waals surface area (Å²) in [4.78, 5) is 25.1. The number of halogens is 1. The first-order chi connectivity index (χ1) is 13.3. The highest BCUT2D eigenvalue weighted by Crippen LogP contribution is 2.21. The van der Waals surface area contributed by atoms with Gasteiger partial charge in [-0.05, 0) is 24.1 Å². The molecule has 28 heavy (non-hydrogen) atoms. The minimum atomic E-state index is -3.08. The zero-order chi connectivity index (χ0) is 20.1. The van der Waals surface area contributed by atoms with Gasteiger partial charge in [-0.3, -0.25) is 9.59 Å². The Kier molecular flexibility index (Phi) is 6.36. The molecule has 2 aromatic carbocycles. The molecule has 1 heterocycles. The van der Waals surface area contributed by atoms with Gasteiger partial charge in [-0.2, -0.15) is 0 Å². The molecule has 1 aliphatic heterocycles. The van der Waals surface area contributed by atoms with E-state index >= 15 is 0 Å². The molecule has 0 aromatic heterocycles. The van der Waals surface area contributed by atoms with E-state index in [1.807, 2.05) is 30.3 Å². The Morgan fingerprint density at radius 3 is 2.39 bits per heavy atom. The van der Waals surface area contributed by atoms with Crippen LogP contribution in [0.25, 0.3) is 0 Å². The molecule has 1 aliphatic rings. The fourth-order valence-corrected chi connectivity index (χ4v) is 5.09. The molecule has 2 atom stereocenters. The molecule has 0 saturated carbocycles. The van der Waals surface area contributed by atoms with Crippen molar-refractivity contribution < 1.29 is 18.0 Å². The van der Waals surface area contributed by atoms with Crippen molar-refractivity contribution in [3.05, 3.63) is 70.7 Å². The smallest absolute Gasteiger partial charge is 0.253 e. The van der Waals surface area contributed by atoms with Crippen LogP contribution in [0.2, 0.25) is 5.02 Å². The summed E-state index contributed by atoms with van der Waals surface area (Å²) in [5.74, 6) is -0.643. The minimum Gasteiger partial charge on any atom is -0.352 e. The summed E-state index contributed by atoms with van der Waals surface area (Å²) in [5, 5.41) is 5.95. The molecular weight excluding hydrogens is 400 g/mol. The Bertz CT molecular complexity index is 963. The van der Waals surface area contributed by atoms with Crippen LogP contribution in [0.5, 0.6) is 0 Å². The van der Waals surface area contributed by atoms with Gasteiger partial charge >= 0.3 is 0 Å². The summed E-state index contributed by atoms with van der Waals surface area (Å²) in [5.41, 5.74) is 1.10. The predicted molar refractivity (Wildman–Crippen MR) is 108 cm³/mol. The lowest BCUT2D eigenvalue weighted by molar-refractivity contribution is -0.122. The van der Waals surface area contributed by atoms with E-state index < -0.39 is 15.9 Å². The number of sulfone groups is 1. The molecule has 0 spiro atoms. The second-order valence-corrected chi connectivity index (χ2v) is 9.42. The van der Waals surface area contributed by atoms with E-state index in [-0.39, 0.29) is 35.8 Å². The standard InChI is InChI=1S/C20H21ClN2O4S/c21-17-9-5-4-8-16(17)20(25)23-18(14-6-2-1-3-7-14)12-19(24)22-15-10-11-28(26,27)13-15/h1-9,15,18H,10-13H2,(H,22,24)(H,23,25)/t15-,18-/m0/s1. The maximum Gasteiger partial charge on any atom is 0.253 e. The Morgan fingerprint density at radius 1 is 1.07 bits per heavy atom. The third kappa shape index (κ3) is 5.33. The van der Waals surface area contributed by atoms with Crippen LogP contribution < -0.4 is 10.6 Å². The molecule has 0 bridgehead atoms. The van der Waals surface area contributed by atoms with E-state index in [4.69, 9.17) is 11.6 Å². The lowest BCUT2D eigenvalue weighted by atomic mass is 10.0. The topological polar surface area (TPSA) is 92.3 Å². The molecular formula is C20H21ClN2O4S. The van der Waals surface area contributed by atoms with Crippen molar-refractivity contribution >= 4 is 33.3 Å². The molecule has 0 radical (unpaired) electrons. The van der Waals surface area contributed by atoms with E-state index in [1.54, 1.807) is 24.3 Å². The van der Waals surface area contributed by atoms with Crippen LogP contribution in [-0.2, 0) is 14.6 Å². The Balaban J connectivity index is 1.72. The van der Waals surface area contributed by atoms with Gasteiger partial charge in [-0.15, -0.1) is 0 Å². The van der Waals surface area contributed by atoms with Crippen molar-refractivity contribution in [2.75, 3.05) is 11.5 Å². The SMILES string of the molecule is O=C(C[C@H](NC(=O)c1ccccc1Cl)c1ccccc1)N[C@H]1CCS(=O)(=O)C1. The summed E-state index contributed by atoms with van der Waals surface area (Å²) < 4.78 is 23.2. The number of nitrogens with one attached hydrogen (secondary N) is 2. The molecule has 1 saturated heterocycles. The van der Waals surface area contributed by atoms with E-state index in [0.717, 1.165) is 5.56 Å². The third-order valence-corrected chi connectivity index (χ3v) is 6.71. The lowest BCUT2D eigenvalue weighted by Crippen LogP contribution is -2.39. The predicted octanol–water partition coefficient (Wildman–Crippen LogP) is 2.50. The summed E-state index contributed by atoms with van der Waals surface area (Å²) in [6.45, 7) is 0. The van der Waals surface area contributed by atoms with Gasteiger partial charge in [0.1, 0.15) is 0 Å². The van der Waals surface area contributed by atoms with Gasteiger partial charge in [-0.25, -0.2) is 8.42 Å². The highest BCUT2D eigenvalue weighted by molar-refractivity contribution is 7.91. The number of carbonyl (C=O) groups excluding carboxylic acids is 2. The van der Waals surface area contributed by atoms with E-state index in [9.17, 15) is 18.0 Å². The van der Waals surface area contributed by atoms with Crippen molar-refractivity contribution in [3.63, 3.8) is 0 Å². The van der Waals surface area contributed by atoms with Gasteiger partial charge in [0.15, 0.2) is 9.84 Å². The molecule has 2 N–H and O–H groups in total. The monoisotopic (exact) mass is 420 g/mol. The number of carbonyl (C=O) groups is 2. The van der Waals surface area contributed by atoms with E-state index in [1.165, 1.54) is 0 Å². The van der Waals surface area contributed by atoms with Gasteiger partial charge in [0, 0.05) is 6.04 Å². The maximum absolute atomic E-state index is 12.7. The Morgan fingerprint density at radius 2 is 1.75 bits per heavy atom. The largest absolute Gasteiger partial charge is 0.352 e. The average molecular weight is 421 g/mol. The molecule has 0 aliphatic carbocycles. The van der Waals surface area contributed by atoms with Crippen molar-refractivity contribution in [2.24, 2.45) is 0 Å². The van der Waals surface area contributed by atoms with Crippen molar-refractivity contribution in [3.8, 4) is 0 Å². The number of hydrogen-bond donors (Lipinski definition) is 2. The second kappa shape index (κ2) is 8.75. The normalized spacial score (nSPS) is 19.0. The molecule has 1 fully saturated rings. The fraction of sp³-hybridized carbons (Fsp3) is 0.300. The molecule has 3 rings (SSSR count). The molecule has 8 heteroatoms. The summed E-state index contributed by atoms with van der Waals surface area (Å²) >= 11 is 6.10. The summed E-state index contributed by atoms with van der Waals surface area (Å²) in [7, 11) is -3.08. The zero-order valence-electron chi connectivity index (χ0n) is 15.1. The first-order valence-electron chi connectivity index (χ1n) is 8.94. The van der Waals surface area contributed by atoms with Crippen LogP contribution in [0.4, 0.5) is 0 Å².